The molecule has 6 nitrogen and oxygen atoms in total. The zero-order valence-electron chi connectivity index (χ0n) is 15.8. The molecule has 0 atom stereocenters. The number of hydrogen-bond donors (Lipinski definition) is 2. The van der Waals surface area contributed by atoms with E-state index in [2.05, 4.69) is 6.92 Å². The average Bonchev–Trinajstić information content (AvgIpc) is 2.67. The van der Waals surface area contributed by atoms with E-state index >= 15 is 0 Å². The van der Waals surface area contributed by atoms with Gasteiger partial charge in [-0.25, -0.2) is 4.79 Å². The van der Waals surface area contributed by atoms with Crippen molar-refractivity contribution >= 4 is 11.0 Å². The Kier molecular flexibility index (Phi) is 8.71. The van der Waals surface area contributed by atoms with Gasteiger partial charge in [-0.3, -0.25) is 0 Å². The molecule has 0 aliphatic heterocycles. The van der Waals surface area contributed by atoms with Gasteiger partial charge in [-0.2, -0.15) is 0 Å². The van der Waals surface area contributed by atoms with Gasteiger partial charge in [0.2, 0.25) is 0 Å². The van der Waals surface area contributed by atoms with Crippen molar-refractivity contribution in [2.75, 3.05) is 13.2 Å². The fourth-order valence-corrected chi connectivity index (χ4v) is 2.77. The Balaban J connectivity index is 2.00. The third-order valence-electron chi connectivity index (χ3n) is 4.18. The molecular weight excluding hydrogens is 348 g/mol. The van der Waals surface area contributed by atoms with E-state index in [4.69, 9.17) is 19.0 Å². The van der Waals surface area contributed by atoms with Gasteiger partial charge in [0.1, 0.15) is 6.61 Å². The number of aliphatic hydroxyl groups is 1. The molecule has 0 saturated carbocycles. The van der Waals surface area contributed by atoms with Crippen molar-refractivity contribution in [3.05, 3.63) is 41.0 Å². The number of unbranched alkanes of at least 4 members (excludes halogenated alkanes) is 6. The van der Waals surface area contributed by atoms with Crippen LogP contribution < -0.4 is 15.1 Å². The van der Waals surface area contributed by atoms with Gasteiger partial charge >= 0.3 is 5.63 Å². The summed E-state index contributed by atoms with van der Waals surface area (Å²) in [6.07, 6.45) is 11.4. The minimum Gasteiger partial charge on any atom is -0.504 e. The summed E-state index contributed by atoms with van der Waals surface area (Å²) in [5, 5.41) is 19.6. The molecule has 0 aliphatic carbocycles. The Bertz CT molecular complexity index is 793. The topological polar surface area (TPSA) is 89.1 Å². The van der Waals surface area contributed by atoms with Crippen molar-refractivity contribution in [2.45, 2.75) is 51.9 Å². The first-order valence-electron chi connectivity index (χ1n) is 9.53. The van der Waals surface area contributed by atoms with Crippen LogP contribution in [0.3, 0.4) is 0 Å². The Labute approximate surface area is 159 Å². The van der Waals surface area contributed by atoms with E-state index in [-0.39, 0.29) is 36.0 Å². The zero-order valence-corrected chi connectivity index (χ0v) is 15.8. The second-order valence-corrected chi connectivity index (χ2v) is 6.32. The van der Waals surface area contributed by atoms with Crippen LogP contribution in [0.4, 0.5) is 0 Å². The minimum atomic E-state index is -0.788. The largest absolute Gasteiger partial charge is 0.504 e. The molecule has 0 bridgehead atoms. The normalized spacial score (nSPS) is 11.3. The van der Waals surface area contributed by atoms with Crippen LogP contribution in [0.5, 0.6) is 17.2 Å². The van der Waals surface area contributed by atoms with Crippen molar-refractivity contribution < 1.29 is 24.1 Å². The highest BCUT2D eigenvalue weighted by Crippen LogP contribution is 2.35. The first-order valence-corrected chi connectivity index (χ1v) is 9.53. The molecule has 6 heteroatoms. The highest BCUT2D eigenvalue weighted by atomic mass is 16.5. The number of aliphatic hydroxyl groups excluding tert-OH is 1. The van der Waals surface area contributed by atoms with Crippen LogP contribution in [0.1, 0.15) is 51.9 Å². The fourth-order valence-electron chi connectivity index (χ4n) is 2.77. The lowest BCUT2D eigenvalue weighted by atomic mass is 10.1. The molecule has 0 spiro atoms. The number of hydrogen-bond acceptors (Lipinski definition) is 6. The fraction of sp³-hybridized carbons (Fsp3) is 0.476. The van der Waals surface area contributed by atoms with E-state index in [1.807, 2.05) is 6.08 Å². The third kappa shape index (κ3) is 6.03. The third-order valence-corrected chi connectivity index (χ3v) is 4.18. The van der Waals surface area contributed by atoms with Crippen molar-refractivity contribution in [3.8, 4) is 17.2 Å². The van der Waals surface area contributed by atoms with Crippen LogP contribution in [0.2, 0.25) is 0 Å². The zero-order chi connectivity index (χ0) is 19.5. The van der Waals surface area contributed by atoms with Crippen molar-refractivity contribution in [1.82, 2.24) is 0 Å². The standard InChI is InChI=1S/C21H28O6/c1-2-3-4-5-6-7-8-9-14-26-20-18(23)16-11-10-12-17(25-15-13-22)19(16)27-21(20)24/h9-12,14,22-23H,2-8,13,15H2,1H3. The maximum atomic E-state index is 12.2. The number of fused-ring (bicyclic) bond motifs is 1. The highest BCUT2D eigenvalue weighted by molar-refractivity contribution is 5.89. The van der Waals surface area contributed by atoms with Crippen LogP contribution >= 0.6 is 0 Å². The van der Waals surface area contributed by atoms with Gasteiger partial charge < -0.3 is 24.1 Å². The molecule has 0 radical (unpaired) electrons. The lowest BCUT2D eigenvalue weighted by Gasteiger charge is -2.09. The quantitative estimate of drug-likeness (QED) is 0.322. The van der Waals surface area contributed by atoms with Crippen LogP contribution in [0.25, 0.3) is 11.0 Å². The second-order valence-electron chi connectivity index (χ2n) is 6.32. The number of allylic oxidation sites excluding steroid dienone is 1. The lowest BCUT2D eigenvalue weighted by molar-refractivity contribution is 0.201. The summed E-state index contributed by atoms with van der Waals surface area (Å²) in [6.45, 7) is 2.09. The van der Waals surface area contributed by atoms with E-state index in [1.54, 1.807) is 18.2 Å². The summed E-state index contributed by atoms with van der Waals surface area (Å²) >= 11 is 0. The second kappa shape index (κ2) is 11.3. The molecule has 27 heavy (non-hydrogen) atoms. The van der Waals surface area contributed by atoms with Crippen molar-refractivity contribution in [2.24, 2.45) is 0 Å². The predicted molar refractivity (Wildman–Crippen MR) is 104 cm³/mol. The van der Waals surface area contributed by atoms with Gasteiger partial charge in [0.15, 0.2) is 17.1 Å². The molecule has 0 amide bonds. The SMILES string of the molecule is CCCCCCCCC=COc1c(O)c2cccc(OCCO)c2oc1=O. The van der Waals surface area contributed by atoms with Crippen LogP contribution in [0, 0.1) is 0 Å². The number of benzene rings is 1. The first kappa shape index (κ1) is 20.8. The molecule has 1 heterocycles. The van der Waals surface area contributed by atoms with Gasteiger partial charge in [-0.05, 0) is 31.1 Å². The predicted octanol–water partition coefficient (Wildman–Crippen LogP) is 4.51. The molecule has 0 saturated heterocycles. The van der Waals surface area contributed by atoms with E-state index in [1.165, 1.54) is 38.4 Å². The molecule has 1 aromatic heterocycles. The molecule has 0 aliphatic rings. The average molecular weight is 376 g/mol. The van der Waals surface area contributed by atoms with Crippen LogP contribution in [-0.2, 0) is 0 Å². The van der Waals surface area contributed by atoms with E-state index in [9.17, 15) is 9.90 Å². The first-order chi connectivity index (χ1) is 13.2. The van der Waals surface area contributed by atoms with Crippen molar-refractivity contribution in [1.29, 1.82) is 0 Å². The van der Waals surface area contributed by atoms with Gasteiger partial charge in [0.25, 0.3) is 5.75 Å². The van der Waals surface area contributed by atoms with E-state index in [0.717, 1.165) is 12.8 Å². The Morgan fingerprint density at radius 2 is 1.93 bits per heavy atom. The summed E-state index contributed by atoms with van der Waals surface area (Å²) in [5.41, 5.74) is -0.666. The van der Waals surface area contributed by atoms with Gasteiger partial charge in [-0.15, -0.1) is 0 Å². The van der Waals surface area contributed by atoms with Gasteiger partial charge in [-0.1, -0.05) is 45.1 Å². The summed E-state index contributed by atoms with van der Waals surface area (Å²) in [6, 6.07) is 4.86. The summed E-state index contributed by atoms with van der Waals surface area (Å²) in [5.74, 6) is -0.264. The van der Waals surface area contributed by atoms with E-state index in [0.29, 0.717) is 5.39 Å². The molecular formula is C21H28O6. The molecule has 148 valence electrons. The van der Waals surface area contributed by atoms with Crippen LogP contribution in [0.15, 0.2) is 39.7 Å². The number of rotatable bonds is 12. The lowest BCUT2D eigenvalue weighted by Crippen LogP contribution is -2.06. The maximum Gasteiger partial charge on any atom is 0.383 e. The van der Waals surface area contributed by atoms with Gasteiger partial charge in [0.05, 0.1) is 18.3 Å². The monoisotopic (exact) mass is 376 g/mol. The molecule has 1 aromatic carbocycles. The smallest absolute Gasteiger partial charge is 0.383 e. The molecule has 2 rings (SSSR count). The summed E-state index contributed by atoms with van der Waals surface area (Å²) < 4.78 is 15.9. The highest BCUT2D eigenvalue weighted by Gasteiger charge is 2.17. The molecule has 2 aromatic rings. The summed E-state index contributed by atoms with van der Waals surface area (Å²) in [4.78, 5) is 12.2. The Morgan fingerprint density at radius 3 is 2.70 bits per heavy atom. The number of aromatic hydroxyl groups is 1. The minimum absolute atomic E-state index is 0.0586. The Hall–Kier alpha value is -2.47. The maximum absolute atomic E-state index is 12.2. The number of para-hydroxylation sites is 1. The molecule has 0 fully saturated rings. The Morgan fingerprint density at radius 1 is 1.15 bits per heavy atom. The van der Waals surface area contributed by atoms with Gasteiger partial charge in [0, 0.05) is 0 Å². The van der Waals surface area contributed by atoms with E-state index < -0.39 is 5.63 Å². The number of ether oxygens (including phenoxy) is 2. The van der Waals surface area contributed by atoms with Crippen molar-refractivity contribution in [3.63, 3.8) is 0 Å². The van der Waals surface area contributed by atoms with Crippen LogP contribution in [-0.4, -0.2) is 23.4 Å². The summed E-state index contributed by atoms with van der Waals surface area (Å²) in [7, 11) is 0. The molecule has 2 N–H and O–H groups in total. The molecule has 0 unspecified atom stereocenters.